The van der Waals surface area contributed by atoms with Crippen molar-refractivity contribution in [1.82, 2.24) is 15.6 Å². The van der Waals surface area contributed by atoms with Crippen LogP contribution in [0.25, 0.3) is 10.9 Å². The summed E-state index contributed by atoms with van der Waals surface area (Å²) in [6.07, 6.45) is -0.112. The molecule has 6 N–H and O–H groups in total. The van der Waals surface area contributed by atoms with Crippen LogP contribution >= 0.6 is 11.6 Å². The number of fused-ring (bicyclic) bond motifs is 1. The molecule has 0 bridgehead atoms. The molecule has 3 aromatic rings. The number of hydrogen-bond donors (Lipinski definition) is 5. The van der Waals surface area contributed by atoms with Gasteiger partial charge in [-0.25, -0.2) is 4.39 Å². The van der Waals surface area contributed by atoms with Gasteiger partial charge >= 0.3 is 0 Å². The Hall–Kier alpha value is -3.47. The number of carbonyl (C=O) groups excluding carboxylic acids is 3. The summed E-state index contributed by atoms with van der Waals surface area (Å²) in [4.78, 5) is 42.2. The maximum absolute atomic E-state index is 13.5. The highest BCUT2D eigenvalue weighted by molar-refractivity contribution is 6.30. The number of anilines is 1. The molecule has 4 rings (SSSR count). The summed E-state index contributed by atoms with van der Waals surface area (Å²) < 4.78 is 13.5. The van der Waals surface area contributed by atoms with Crippen LogP contribution in [0.1, 0.15) is 22.5 Å². The van der Waals surface area contributed by atoms with Crippen molar-refractivity contribution in [3.8, 4) is 0 Å². The van der Waals surface area contributed by atoms with E-state index in [1.165, 1.54) is 17.0 Å². The van der Waals surface area contributed by atoms with Crippen molar-refractivity contribution in [3.05, 3.63) is 64.6 Å². The smallest absolute Gasteiger partial charge is 0.268 e. The first-order valence-electron chi connectivity index (χ1n) is 10.6. The number of nitrogens with two attached hydrogens (primary N) is 1. The Bertz CT molecular complexity index is 1260. The quantitative estimate of drug-likeness (QED) is 0.321. The first-order chi connectivity index (χ1) is 16.2. The fourth-order valence-corrected chi connectivity index (χ4v) is 4.14. The lowest BCUT2D eigenvalue weighted by Gasteiger charge is -2.22. The van der Waals surface area contributed by atoms with Crippen molar-refractivity contribution >= 4 is 45.9 Å². The molecule has 1 fully saturated rings. The van der Waals surface area contributed by atoms with Gasteiger partial charge in [0, 0.05) is 54.2 Å². The molecule has 1 aromatic heterocycles. The van der Waals surface area contributed by atoms with Crippen molar-refractivity contribution in [2.45, 2.75) is 18.6 Å². The van der Waals surface area contributed by atoms with Crippen LogP contribution in [0, 0.1) is 5.82 Å². The van der Waals surface area contributed by atoms with Gasteiger partial charge in [0.1, 0.15) is 11.5 Å². The summed E-state index contributed by atoms with van der Waals surface area (Å²) >= 11 is 5.82. The number of amides is 3. The van der Waals surface area contributed by atoms with E-state index in [-0.39, 0.29) is 30.4 Å². The zero-order valence-corrected chi connectivity index (χ0v) is 18.8. The minimum absolute atomic E-state index is 0.101. The molecule has 2 aromatic carbocycles. The van der Waals surface area contributed by atoms with Crippen molar-refractivity contribution in [2.24, 2.45) is 5.73 Å². The summed E-state index contributed by atoms with van der Waals surface area (Å²) in [6, 6.07) is 10.5. The van der Waals surface area contributed by atoms with Gasteiger partial charge in [0.05, 0.1) is 0 Å². The normalized spacial score (nSPS) is 17.9. The SMILES string of the molecule is NCCNC(=O)c1cc2cc(N3CC[C@](O)(C(=O)NCc4cc(F)cc(Cl)c4)C3=O)ccc2[nH]1. The van der Waals surface area contributed by atoms with Gasteiger partial charge < -0.3 is 31.4 Å². The molecule has 0 spiro atoms. The number of aromatic nitrogens is 1. The lowest BCUT2D eigenvalue weighted by Crippen LogP contribution is -2.52. The van der Waals surface area contributed by atoms with Crippen LogP contribution in [0.15, 0.2) is 42.5 Å². The Kier molecular flexibility index (Phi) is 6.56. The molecule has 1 saturated heterocycles. The second-order valence-corrected chi connectivity index (χ2v) is 8.46. The molecule has 2 heterocycles. The number of carbonyl (C=O) groups is 3. The second-order valence-electron chi connectivity index (χ2n) is 8.03. The van der Waals surface area contributed by atoms with Crippen molar-refractivity contribution in [3.63, 3.8) is 0 Å². The zero-order valence-electron chi connectivity index (χ0n) is 18.0. The molecule has 1 aliphatic rings. The molecule has 0 saturated carbocycles. The van der Waals surface area contributed by atoms with Crippen molar-refractivity contribution < 1.29 is 23.9 Å². The van der Waals surface area contributed by atoms with E-state index in [0.717, 1.165) is 6.07 Å². The average molecular weight is 488 g/mol. The predicted molar refractivity (Wildman–Crippen MR) is 125 cm³/mol. The lowest BCUT2D eigenvalue weighted by atomic mass is 10.0. The maximum Gasteiger partial charge on any atom is 0.268 e. The fourth-order valence-electron chi connectivity index (χ4n) is 3.90. The minimum atomic E-state index is -2.25. The molecule has 3 amide bonds. The largest absolute Gasteiger partial charge is 0.372 e. The number of aliphatic hydroxyl groups is 1. The molecule has 11 heteroatoms. The number of nitrogens with one attached hydrogen (secondary N) is 3. The first kappa shape index (κ1) is 23.7. The highest BCUT2D eigenvalue weighted by atomic mass is 35.5. The number of hydrogen-bond acceptors (Lipinski definition) is 5. The Labute approximate surface area is 199 Å². The monoisotopic (exact) mass is 487 g/mol. The average Bonchev–Trinajstić information content (AvgIpc) is 3.36. The van der Waals surface area contributed by atoms with Gasteiger partial charge in [-0.05, 0) is 48.0 Å². The molecular formula is C23H23ClFN5O4. The van der Waals surface area contributed by atoms with E-state index in [9.17, 15) is 23.9 Å². The Morgan fingerprint density at radius 1 is 1.21 bits per heavy atom. The van der Waals surface area contributed by atoms with E-state index >= 15 is 0 Å². The highest BCUT2D eigenvalue weighted by Crippen LogP contribution is 2.31. The minimum Gasteiger partial charge on any atom is -0.372 e. The fraction of sp³-hybridized carbons (Fsp3) is 0.261. The van der Waals surface area contributed by atoms with Gasteiger partial charge in [0.15, 0.2) is 0 Å². The van der Waals surface area contributed by atoms with Crippen LogP contribution in [-0.4, -0.2) is 53.0 Å². The van der Waals surface area contributed by atoms with Crippen LogP contribution in [0.2, 0.25) is 5.02 Å². The Morgan fingerprint density at radius 3 is 2.74 bits per heavy atom. The van der Waals surface area contributed by atoms with Gasteiger partial charge in [-0.2, -0.15) is 0 Å². The molecule has 0 aliphatic carbocycles. The topological polar surface area (TPSA) is 141 Å². The van der Waals surface area contributed by atoms with Gasteiger partial charge in [0.25, 0.3) is 17.7 Å². The van der Waals surface area contributed by atoms with Gasteiger partial charge in [-0.1, -0.05) is 11.6 Å². The molecular weight excluding hydrogens is 465 g/mol. The summed E-state index contributed by atoms with van der Waals surface area (Å²) in [5.74, 6) is -2.50. The number of H-pyrrole nitrogens is 1. The third-order valence-corrected chi connectivity index (χ3v) is 5.86. The summed E-state index contributed by atoms with van der Waals surface area (Å²) in [6.45, 7) is 0.679. The number of halogens is 2. The first-order valence-corrected chi connectivity index (χ1v) is 11.0. The van der Waals surface area contributed by atoms with Gasteiger partial charge in [-0.15, -0.1) is 0 Å². The van der Waals surface area contributed by atoms with E-state index in [4.69, 9.17) is 17.3 Å². The third kappa shape index (κ3) is 4.60. The van der Waals surface area contributed by atoms with Crippen LogP contribution in [-0.2, 0) is 16.1 Å². The van der Waals surface area contributed by atoms with Gasteiger partial charge in [0.2, 0.25) is 5.60 Å². The third-order valence-electron chi connectivity index (χ3n) is 5.64. The second kappa shape index (κ2) is 9.41. The number of rotatable bonds is 7. The van der Waals surface area contributed by atoms with E-state index < -0.39 is 23.2 Å². The lowest BCUT2D eigenvalue weighted by molar-refractivity contribution is -0.149. The number of nitrogens with zero attached hydrogens (tertiary/aromatic N) is 1. The standard InChI is InChI=1S/C23H23ClFN5O4/c24-15-7-13(8-16(25)11-15)12-28-21(32)23(34)3-6-30(22(23)33)17-1-2-18-14(9-17)10-19(29-18)20(31)27-5-4-26/h1-2,7-11,29,34H,3-6,12,26H2,(H,27,31)(H,28,32)/t23-/m0/s1. The molecule has 34 heavy (non-hydrogen) atoms. The molecule has 1 aliphatic heterocycles. The van der Waals surface area contributed by atoms with Crippen molar-refractivity contribution in [1.29, 1.82) is 0 Å². The van der Waals surface area contributed by atoms with Gasteiger partial charge in [-0.3, -0.25) is 14.4 Å². The van der Waals surface area contributed by atoms with E-state index in [0.29, 0.717) is 40.9 Å². The Balaban J connectivity index is 1.48. The van der Waals surface area contributed by atoms with E-state index in [1.54, 1.807) is 24.3 Å². The van der Waals surface area contributed by atoms with Crippen LogP contribution in [0.4, 0.5) is 10.1 Å². The molecule has 9 nitrogen and oxygen atoms in total. The summed E-state index contributed by atoms with van der Waals surface area (Å²) in [5, 5.41) is 16.9. The highest BCUT2D eigenvalue weighted by Gasteiger charge is 2.51. The summed E-state index contributed by atoms with van der Waals surface area (Å²) in [5.41, 5.74) is 5.07. The number of benzene rings is 2. The molecule has 0 radical (unpaired) electrons. The Morgan fingerprint density at radius 2 is 2.00 bits per heavy atom. The van der Waals surface area contributed by atoms with Crippen molar-refractivity contribution in [2.75, 3.05) is 24.5 Å². The summed E-state index contributed by atoms with van der Waals surface area (Å²) in [7, 11) is 0. The predicted octanol–water partition coefficient (Wildman–Crippen LogP) is 1.43. The zero-order chi connectivity index (χ0) is 24.5. The molecule has 1 atom stereocenters. The van der Waals surface area contributed by atoms with Crippen LogP contribution in [0.5, 0.6) is 0 Å². The van der Waals surface area contributed by atoms with E-state index in [1.807, 2.05) is 0 Å². The van der Waals surface area contributed by atoms with Crippen LogP contribution in [0.3, 0.4) is 0 Å². The maximum atomic E-state index is 13.5. The van der Waals surface area contributed by atoms with E-state index in [2.05, 4.69) is 15.6 Å². The number of aromatic amines is 1. The van der Waals surface area contributed by atoms with Crippen LogP contribution < -0.4 is 21.3 Å². The molecule has 0 unspecified atom stereocenters. The molecule has 178 valence electrons.